The van der Waals surface area contributed by atoms with E-state index in [1.165, 1.54) is 0 Å². The van der Waals surface area contributed by atoms with Crippen molar-refractivity contribution in [1.29, 1.82) is 0 Å². The minimum atomic E-state index is 0.0520. The number of ketones is 1. The zero-order valence-corrected chi connectivity index (χ0v) is 10.4. The quantitative estimate of drug-likeness (QED) is 0.665. The molecule has 0 spiro atoms. The molecule has 3 heteroatoms. The topological polar surface area (TPSA) is 31.2 Å². The van der Waals surface area contributed by atoms with Crippen molar-refractivity contribution in [2.75, 3.05) is 13.2 Å². The molecule has 3 nitrogen and oxygen atoms in total. The number of Topliss-reactive ketones (excluding diaryl/α,β-unsaturated/α-hetero) is 1. The molecule has 0 saturated carbocycles. The van der Waals surface area contributed by atoms with E-state index in [4.69, 9.17) is 4.74 Å². The number of hydrogen-bond acceptors (Lipinski definition) is 2. The van der Waals surface area contributed by atoms with E-state index in [-0.39, 0.29) is 12.4 Å². The zero-order chi connectivity index (χ0) is 12.0. The highest BCUT2D eigenvalue weighted by Crippen LogP contribution is 2.06. The maximum atomic E-state index is 11.7. The fraction of sp³-hybridized carbons (Fsp3) is 0.615. The Kier molecular flexibility index (Phi) is 5.26. The van der Waals surface area contributed by atoms with Gasteiger partial charge in [0.25, 0.3) is 0 Å². The lowest BCUT2D eigenvalue weighted by molar-refractivity contribution is 0.0676. The average Bonchev–Trinajstić information content (AvgIpc) is 2.64. The van der Waals surface area contributed by atoms with Gasteiger partial charge in [-0.3, -0.25) is 4.79 Å². The Bertz CT molecular complexity index is 330. The molecule has 0 bridgehead atoms. The van der Waals surface area contributed by atoms with Crippen molar-refractivity contribution >= 4 is 5.78 Å². The van der Waals surface area contributed by atoms with Crippen molar-refractivity contribution in [2.45, 2.75) is 26.7 Å². The van der Waals surface area contributed by atoms with Crippen LogP contribution in [0, 0.1) is 5.92 Å². The van der Waals surface area contributed by atoms with Gasteiger partial charge in [-0.05, 0) is 24.5 Å². The van der Waals surface area contributed by atoms with Crippen LogP contribution in [0.5, 0.6) is 0 Å². The largest absolute Gasteiger partial charge is 0.373 e. The lowest BCUT2D eigenvalue weighted by Gasteiger charge is -2.10. The summed E-state index contributed by atoms with van der Waals surface area (Å²) in [6, 6.07) is 3.69. The van der Waals surface area contributed by atoms with E-state index in [1.807, 2.05) is 29.9 Å². The van der Waals surface area contributed by atoms with Crippen molar-refractivity contribution in [1.82, 2.24) is 4.57 Å². The van der Waals surface area contributed by atoms with Gasteiger partial charge in [0, 0.05) is 19.9 Å². The summed E-state index contributed by atoms with van der Waals surface area (Å²) >= 11 is 0. The fourth-order valence-corrected chi connectivity index (χ4v) is 1.75. The molecule has 1 heterocycles. The molecule has 1 aromatic rings. The number of hydrogen-bond donors (Lipinski definition) is 0. The molecule has 1 aromatic heterocycles. The number of ether oxygens (including phenoxy) is 1. The highest BCUT2D eigenvalue weighted by Gasteiger charge is 2.09. The van der Waals surface area contributed by atoms with E-state index in [1.54, 1.807) is 0 Å². The van der Waals surface area contributed by atoms with Crippen LogP contribution in [0.15, 0.2) is 18.3 Å². The van der Waals surface area contributed by atoms with E-state index in [2.05, 4.69) is 13.8 Å². The molecule has 0 aromatic carbocycles. The summed E-state index contributed by atoms with van der Waals surface area (Å²) in [5.74, 6) is 0.586. The molecule has 0 N–H and O–H groups in total. The molecule has 0 aliphatic rings. The highest BCUT2D eigenvalue weighted by atomic mass is 16.5. The molecule has 1 atom stereocenters. The second-order valence-corrected chi connectivity index (χ2v) is 4.34. The molecule has 1 rings (SSSR count). The van der Waals surface area contributed by atoms with Crippen LogP contribution in [0.1, 0.15) is 37.2 Å². The van der Waals surface area contributed by atoms with Gasteiger partial charge in [-0.2, -0.15) is 0 Å². The molecule has 1 unspecified atom stereocenters. The summed E-state index contributed by atoms with van der Waals surface area (Å²) in [6.07, 6.45) is 4.18. The molecular weight excluding hydrogens is 202 g/mol. The molecule has 0 aliphatic carbocycles. The normalized spacial score (nSPS) is 12.7. The lowest BCUT2D eigenvalue weighted by Crippen LogP contribution is -2.15. The van der Waals surface area contributed by atoms with Gasteiger partial charge in [-0.15, -0.1) is 0 Å². The van der Waals surface area contributed by atoms with Gasteiger partial charge >= 0.3 is 0 Å². The molecule has 0 fully saturated rings. The van der Waals surface area contributed by atoms with Crippen molar-refractivity contribution in [3.63, 3.8) is 0 Å². The number of carbonyl (C=O) groups excluding carboxylic acids is 1. The predicted octanol–water partition coefficient (Wildman–Crippen LogP) is 2.66. The Morgan fingerprint density at radius 1 is 1.56 bits per heavy atom. The van der Waals surface area contributed by atoms with E-state index in [9.17, 15) is 4.79 Å². The minimum Gasteiger partial charge on any atom is -0.373 e. The molecular formula is C13H21NO2. The Morgan fingerprint density at radius 3 is 2.88 bits per heavy atom. The van der Waals surface area contributed by atoms with Crippen LogP contribution in [0.4, 0.5) is 0 Å². The van der Waals surface area contributed by atoms with Crippen LogP contribution in [0.2, 0.25) is 0 Å². The van der Waals surface area contributed by atoms with Crippen LogP contribution in [-0.2, 0) is 11.8 Å². The number of aryl methyl sites for hydroxylation is 1. The second-order valence-electron chi connectivity index (χ2n) is 4.34. The average molecular weight is 223 g/mol. The fourth-order valence-electron chi connectivity index (χ4n) is 1.75. The standard InChI is InChI=1S/C13H21NO2/c1-4-6-11(2)9-16-10-13(15)12-7-5-8-14(12)3/h5,7-8,11H,4,6,9-10H2,1-3H3. The van der Waals surface area contributed by atoms with Crippen molar-refractivity contribution in [2.24, 2.45) is 13.0 Å². The van der Waals surface area contributed by atoms with Crippen molar-refractivity contribution < 1.29 is 9.53 Å². The lowest BCUT2D eigenvalue weighted by atomic mass is 10.1. The Labute approximate surface area is 97.4 Å². The zero-order valence-electron chi connectivity index (χ0n) is 10.4. The molecule has 0 aliphatic heterocycles. The van der Waals surface area contributed by atoms with E-state index >= 15 is 0 Å². The summed E-state index contributed by atoms with van der Waals surface area (Å²) in [5, 5.41) is 0. The second kappa shape index (κ2) is 6.48. The monoisotopic (exact) mass is 223 g/mol. The van der Waals surface area contributed by atoms with Crippen LogP contribution in [0.3, 0.4) is 0 Å². The van der Waals surface area contributed by atoms with Crippen LogP contribution in [0.25, 0.3) is 0 Å². The van der Waals surface area contributed by atoms with Crippen LogP contribution >= 0.6 is 0 Å². The van der Waals surface area contributed by atoms with Crippen LogP contribution < -0.4 is 0 Å². The summed E-state index contributed by atoms with van der Waals surface area (Å²) in [6.45, 7) is 5.16. The third-order valence-corrected chi connectivity index (χ3v) is 2.65. The van der Waals surface area contributed by atoms with Crippen molar-refractivity contribution in [3.8, 4) is 0 Å². The van der Waals surface area contributed by atoms with Gasteiger partial charge in [0.1, 0.15) is 6.61 Å². The predicted molar refractivity (Wildman–Crippen MR) is 64.6 cm³/mol. The van der Waals surface area contributed by atoms with E-state index < -0.39 is 0 Å². The van der Waals surface area contributed by atoms with Gasteiger partial charge in [-0.1, -0.05) is 20.3 Å². The summed E-state index contributed by atoms with van der Waals surface area (Å²) in [4.78, 5) is 11.7. The first-order valence-electron chi connectivity index (χ1n) is 5.87. The van der Waals surface area contributed by atoms with Crippen molar-refractivity contribution in [3.05, 3.63) is 24.0 Å². The number of carbonyl (C=O) groups is 1. The Morgan fingerprint density at radius 2 is 2.31 bits per heavy atom. The first kappa shape index (κ1) is 13.0. The Hall–Kier alpha value is -1.09. The molecule has 0 radical (unpaired) electrons. The molecule has 90 valence electrons. The smallest absolute Gasteiger partial charge is 0.204 e. The van der Waals surface area contributed by atoms with E-state index in [0.717, 1.165) is 12.8 Å². The van der Waals surface area contributed by atoms with Gasteiger partial charge in [0.2, 0.25) is 5.78 Å². The van der Waals surface area contributed by atoms with Gasteiger partial charge < -0.3 is 9.30 Å². The minimum absolute atomic E-state index is 0.0520. The summed E-state index contributed by atoms with van der Waals surface area (Å²) < 4.78 is 7.25. The first-order valence-corrected chi connectivity index (χ1v) is 5.87. The Balaban J connectivity index is 2.29. The summed E-state index contributed by atoms with van der Waals surface area (Å²) in [5.41, 5.74) is 0.711. The molecule has 16 heavy (non-hydrogen) atoms. The SMILES string of the molecule is CCCC(C)COCC(=O)c1cccn1C. The third-order valence-electron chi connectivity index (χ3n) is 2.65. The highest BCUT2D eigenvalue weighted by molar-refractivity contribution is 5.95. The maximum absolute atomic E-state index is 11.7. The molecule has 0 amide bonds. The summed E-state index contributed by atoms with van der Waals surface area (Å²) in [7, 11) is 1.87. The number of aromatic nitrogens is 1. The first-order chi connectivity index (χ1) is 7.65. The van der Waals surface area contributed by atoms with Gasteiger partial charge in [0.15, 0.2) is 0 Å². The van der Waals surface area contributed by atoms with Crippen LogP contribution in [-0.4, -0.2) is 23.6 Å². The number of rotatable bonds is 7. The number of nitrogens with zero attached hydrogens (tertiary/aromatic N) is 1. The maximum Gasteiger partial charge on any atom is 0.204 e. The van der Waals surface area contributed by atoms with Gasteiger partial charge in [0.05, 0.1) is 5.69 Å². The van der Waals surface area contributed by atoms with Gasteiger partial charge in [-0.25, -0.2) is 0 Å². The third kappa shape index (κ3) is 3.81. The van der Waals surface area contributed by atoms with E-state index in [0.29, 0.717) is 18.2 Å². The molecule has 0 saturated heterocycles.